The van der Waals surface area contributed by atoms with Crippen LogP contribution in [0.5, 0.6) is 0 Å². The lowest BCUT2D eigenvalue weighted by Gasteiger charge is -2.24. The summed E-state index contributed by atoms with van der Waals surface area (Å²) < 4.78 is 39.6. The van der Waals surface area contributed by atoms with Gasteiger partial charge in [0.1, 0.15) is 0 Å². The number of nitrogens with zero attached hydrogens (tertiary/aromatic N) is 1. The first-order chi connectivity index (χ1) is 11.8. The van der Waals surface area contributed by atoms with Gasteiger partial charge in [0, 0.05) is 36.8 Å². The highest BCUT2D eigenvalue weighted by Gasteiger charge is 2.33. The van der Waals surface area contributed by atoms with Gasteiger partial charge in [0.25, 0.3) is 5.91 Å². The summed E-state index contributed by atoms with van der Waals surface area (Å²) in [7, 11) is 0. The van der Waals surface area contributed by atoms with E-state index in [9.17, 15) is 22.8 Å². The summed E-state index contributed by atoms with van der Waals surface area (Å²) >= 11 is 0. The molecule has 2 N–H and O–H groups in total. The number of hydrogen-bond acceptors (Lipinski definition) is 3. The second-order valence-corrected chi connectivity index (χ2v) is 6.43. The summed E-state index contributed by atoms with van der Waals surface area (Å²) in [4.78, 5) is 25.6. The molecule has 2 aliphatic rings. The van der Waals surface area contributed by atoms with E-state index in [0.29, 0.717) is 25.9 Å². The fraction of sp³-hybridized carbons (Fsp3) is 0.529. The third-order valence-corrected chi connectivity index (χ3v) is 4.52. The minimum absolute atomic E-state index is 0.0740. The molecular weight excluding hydrogens is 335 g/mol. The molecule has 25 heavy (non-hydrogen) atoms. The Hall–Kier alpha value is -2.09. The summed E-state index contributed by atoms with van der Waals surface area (Å²) in [5, 5.41) is 5.91. The average Bonchev–Trinajstić information content (AvgIpc) is 3.00. The fourth-order valence-corrected chi connectivity index (χ4v) is 3.23. The van der Waals surface area contributed by atoms with E-state index in [1.165, 1.54) is 11.0 Å². The minimum Gasteiger partial charge on any atom is -0.348 e. The van der Waals surface area contributed by atoms with Crippen molar-refractivity contribution in [3.05, 3.63) is 29.3 Å². The zero-order chi connectivity index (χ0) is 18.0. The molecule has 2 heterocycles. The van der Waals surface area contributed by atoms with Crippen molar-refractivity contribution in [2.75, 3.05) is 24.5 Å². The van der Waals surface area contributed by atoms with E-state index in [4.69, 9.17) is 0 Å². The van der Waals surface area contributed by atoms with Gasteiger partial charge < -0.3 is 15.5 Å². The van der Waals surface area contributed by atoms with Crippen molar-refractivity contribution >= 4 is 17.5 Å². The SMILES string of the molecule is O=C(NC1CCCNC1)c1cc(N2CCCC2=O)cc(C(F)(F)F)c1. The number of carbonyl (C=O) groups is 2. The Balaban J connectivity index is 1.88. The first kappa shape index (κ1) is 17.7. The van der Waals surface area contributed by atoms with Crippen LogP contribution in [0, 0.1) is 0 Å². The van der Waals surface area contributed by atoms with Crippen molar-refractivity contribution < 1.29 is 22.8 Å². The number of alkyl halides is 3. The number of nitrogens with one attached hydrogen (secondary N) is 2. The molecular formula is C17H20F3N3O2. The maximum atomic E-state index is 13.2. The Bertz CT molecular complexity index is 670. The van der Waals surface area contributed by atoms with Crippen LogP contribution in [0.15, 0.2) is 18.2 Å². The van der Waals surface area contributed by atoms with Gasteiger partial charge in [-0.1, -0.05) is 0 Å². The quantitative estimate of drug-likeness (QED) is 0.875. The zero-order valence-electron chi connectivity index (χ0n) is 13.7. The maximum absolute atomic E-state index is 13.2. The number of piperidine rings is 1. The van der Waals surface area contributed by atoms with Crippen LogP contribution < -0.4 is 15.5 Å². The Kier molecular flexibility index (Phi) is 4.99. The van der Waals surface area contributed by atoms with Gasteiger partial charge >= 0.3 is 6.18 Å². The Morgan fingerprint density at radius 1 is 1.24 bits per heavy atom. The number of rotatable bonds is 3. The standard InChI is InChI=1S/C17H20F3N3O2/c18-17(19,20)12-7-11(16(25)22-13-3-1-5-21-10-13)8-14(9-12)23-6-2-4-15(23)24/h7-9,13,21H,1-6,10H2,(H,22,25). The first-order valence-electron chi connectivity index (χ1n) is 8.39. The highest BCUT2D eigenvalue weighted by atomic mass is 19.4. The minimum atomic E-state index is -4.58. The monoisotopic (exact) mass is 355 g/mol. The van der Waals surface area contributed by atoms with E-state index < -0.39 is 17.6 Å². The van der Waals surface area contributed by atoms with Gasteiger partial charge in [-0.05, 0) is 44.0 Å². The third kappa shape index (κ3) is 4.12. The van der Waals surface area contributed by atoms with Crippen LogP contribution in [0.3, 0.4) is 0 Å². The average molecular weight is 355 g/mol. The topological polar surface area (TPSA) is 61.4 Å². The van der Waals surface area contributed by atoms with E-state index in [1.54, 1.807) is 0 Å². The van der Waals surface area contributed by atoms with Gasteiger partial charge in [-0.2, -0.15) is 13.2 Å². The first-order valence-corrected chi connectivity index (χ1v) is 8.39. The van der Waals surface area contributed by atoms with Gasteiger partial charge in [-0.15, -0.1) is 0 Å². The van der Waals surface area contributed by atoms with Crippen LogP contribution in [-0.2, 0) is 11.0 Å². The van der Waals surface area contributed by atoms with Gasteiger partial charge in [-0.3, -0.25) is 9.59 Å². The molecule has 0 spiro atoms. The van der Waals surface area contributed by atoms with E-state index in [2.05, 4.69) is 10.6 Å². The Morgan fingerprint density at radius 2 is 2.04 bits per heavy atom. The number of benzene rings is 1. The van der Waals surface area contributed by atoms with Gasteiger partial charge in [0.15, 0.2) is 0 Å². The van der Waals surface area contributed by atoms with Crippen molar-refractivity contribution in [1.82, 2.24) is 10.6 Å². The molecule has 1 aromatic carbocycles. The van der Waals surface area contributed by atoms with Crippen LogP contribution in [0.1, 0.15) is 41.6 Å². The van der Waals surface area contributed by atoms with Crippen molar-refractivity contribution in [3.63, 3.8) is 0 Å². The Labute approximate surface area is 143 Å². The molecule has 5 nitrogen and oxygen atoms in total. The summed E-state index contributed by atoms with van der Waals surface area (Å²) in [6.07, 6.45) is -1.98. The van der Waals surface area contributed by atoms with Gasteiger partial charge in [0.05, 0.1) is 5.56 Å². The molecule has 2 saturated heterocycles. The molecule has 0 aliphatic carbocycles. The highest BCUT2D eigenvalue weighted by Crippen LogP contribution is 2.34. The van der Waals surface area contributed by atoms with Crippen LogP contribution >= 0.6 is 0 Å². The molecule has 3 rings (SSSR count). The smallest absolute Gasteiger partial charge is 0.348 e. The predicted molar refractivity (Wildman–Crippen MR) is 86.4 cm³/mol. The van der Waals surface area contributed by atoms with E-state index in [1.807, 2.05) is 0 Å². The number of amides is 2. The summed E-state index contributed by atoms with van der Waals surface area (Å²) in [5.74, 6) is -0.769. The summed E-state index contributed by atoms with van der Waals surface area (Å²) in [6, 6.07) is 3.04. The molecule has 2 amide bonds. The number of hydrogen-bond donors (Lipinski definition) is 2. The summed E-state index contributed by atoms with van der Waals surface area (Å²) in [5.41, 5.74) is -0.865. The normalized spacial score (nSPS) is 21.5. The lowest BCUT2D eigenvalue weighted by atomic mass is 10.0. The lowest BCUT2D eigenvalue weighted by Crippen LogP contribution is -2.45. The second-order valence-electron chi connectivity index (χ2n) is 6.43. The van der Waals surface area contributed by atoms with Crippen LogP contribution in [0.2, 0.25) is 0 Å². The van der Waals surface area contributed by atoms with E-state index >= 15 is 0 Å². The van der Waals surface area contributed by atoms with E-state index in [-0.39, 0.29) is 23.2 Å². The molecule has 8 heteroatoms. The van der Waals surface area contributed by atoms with Crippen LogP contribution in [0.25, 0.3) is 0 Å². The van der Waals surface area contributed by atoms with E-state index in [0.717, 1.165) is 31.5 Å². The van der Waals surface area contributed by atoms with Crippen molar-refractivity contribution in [2.45, 2.75) is 37.9 Å². The molecule has 2 fully saturated rings. The molecule has 0 aromatic heterocycles. The summed E-state index contributed by atoms with van der Waals surface area (Å²) in [6.45, 7) is 1.84. The number of halogens is 3. The largest absolute Gasteiger partial charge is 0.416 e. The van der Waals surface area contributed by atoms with Crippen molar-refractivity contribution in [3.8, 4) is 0 Å². The number of anilines is 1. The van der Waals surface area contributed by atoms with Crippen molar-refractivity contribution in [1.29, 1.82) is 0 Å². The molecule has 0 saturated carbocycles. The maximum Gasteiger partial charge on any atom is 0.416 e. The van der Waals surface area contributed by atoms with Gasteiger partial charge in [-0.25, -0.2) is 0 Å². The molecule has 0 bridgehead atoms. The second kappa shape index (κ2) is 7.03. The fourth-order valence-electron chi connectivity index (χ4n) is 3.23. The zero-order valence-corrected chi connectivity index (χ0v) is 13.7. The van der Waals surface area contributed by atoms with Crippen molar-refractivity contribution in [2.24, 2.45) is 0 Å². The molecule has 1 atom stereocenters. The molecule has 0 radical (unpaired) electrons. The third-order valence-electron chi connectivity index (χ3n) is 4.52. The molecule has 1 unspecified atom stereocenters. The Morgan fingerprint density at radius 3 is 2.64 bits per heavy atom. The molecule has 136 valence electrons. The number of carbonyl (C=O) groups excluding carboxylic acids is 2. The van der Waals surface area contributed by atoms with Crippen LogP contribution in [0.4, 0.5) is 18.9 Å². The van der Waals surface area contributed by atoms with Crippen LogP contribution in [-0.4, -0.2) is 37.5 Å². The molecule has 2 aliphatic heterocycles. The highest BCUT2D eigenvalue weighted by molar-refractivity contribution is 5.99. The lowest BCUT2D eigenvalue weighted by molar-refractivity contribution is -0.137. The van der Waals surface area contributed by atoms with Gasteiger partial charge in [0.2, 0.25) is 5.91 Å². The predicted octanol–water partition coefficient (Wildman–Crippen LogP) is 2.31. The molecule has 1 aromatic rings.